The summed E-state index contributed by atoms with van der Waals surface area (Å²) in [5.74, 6) is 1.12. The Balaban J connectivity index is 1.55. The molecule has 0 atom stereocenters. The molecular weight excluding hydrogens is 298 g/mol. The molecule has 7 nitrogen and oxygen atoms in total. The van der Waals surface area contributed by atoms with Crippen LogP contribution < -0.4 is 10.6 Å². The van der Waals surface area contributed by atoms with Crippen LogP contribution in [0.25, 0.3) is 0 Å². The standard InChI is InChI=1S/C16H19N3O4/c20-15(18-16(21)17-12-5-6-12)11-19(9-13-3-1-7-22-13)10-14-4-2-8-23-14/h1-4,7-8,12H,5-6,9-11H2,(H2,17,18,20,21). The van der Waals surface area contributed by atoms with Crippen molar-refractivity contribution < 1.29 is 18.4 Å². The summed E-state index contributed by atoms with van der Waals surface area (Å²) >= 11 is 0. The van der Waals surface area contributed by atoms with Crippen LogP contribution in [-0.2, 0) is 17.9 Å². The molecule has 1 saturated carbocycles. The van der Waals surface area contributed by atoms with E-state index in [4.69, 9.17) is 8.83 Å². The molecule has 3 amide bonds. The first-order valence-corrected chi connectivity index (χ1v) is 7.56. The van der Waals surface area contributed by atoms with Crippen molar-refractivity contribution in [1.29, 1.82) is 0 Å². The molecule has 1 aliphatic rings. The van der Waals surface area contributed by atoms with Gasteiger partial charge in [-0.3, -0.25) is 15.0 Å². The molecule has 1 fully saturated rings. The van der Waals surface area contributed by atoms with Crippen LogP contribution in [0.3, 0.4) is 0 Å². The summed E-state index contributed by atoms with van der Waals surface area (Å²) in [4.78, 5) is 25.5. The predicted octanol–water partition coefficient (Wildman–Crippen LogP) is 1.86. The molecule has 2 heterocycles. The third kappa shape index (κ3) is 5.00. The predicted molar refractivity (Wildman–Crippen MR) is 81.2 cm³/mol. The van der Waals surface area contributed by atoms with Gasteiger partial charge in [-0.05, 0) is 37.1 Å². The molecule has 2 aromatic rings. The zero-order chi connectivity index (χ0) is 16.1. The minimum Gasteiger partial charge on any atom is -0.468 e. The van der Waals surface area contributed by atoms with Crippen LogP contribution >= 0.6 is 0 Å². The summed E-state index contributed by atoms with van der Waals surface area (Å²) in [6, 6.07) is 7.05. The lowest BCUT2D eigenvalue weighted by atomic mass is 10.3. The van der Waals surface area contributed by atoms with Gasteiger partial charge >= 0.3 is 6.03 Å². The van der Waals surface area contributed by atoms with E-state index in [0.717, 1.165) is 24.4 Å². The number of urea groups is 1. The minimum atomic E-state index is -0.437. The molecule has 7 heteroatoms. The second kappa shape index (κ2) is 7.15. The fourth-order valence-corrected chi connectivity index (χ4v) is 2.23. The Morgan fingerprint density at radius 3 is 2.17 bits per heavy atom. The van der Waals surface area contributed by atoms with E-state index in [-0.39, 0.29) is 18.5 Å². The van der Waals surface area contributed by atoms with E-state index >= 15 is 0 Å². The van der Waals surface area contributed by atoms with E-state index in [0.29, 0.717) is 13.1 Å². The molecule has 23 heavy (non-hydrogen) atoms. The fraction of sp³-hybridized carbons (Fsp3) is 0.375. The van der Waals surface area contributed by atoms with Crippen molar-refractivity contribution >= 4 is 11.9 Å². The Kier molecular flexibility index (Phi) is 4.77. The average Bonchev–Trinajstić information content (AvgIpc) is 2.97. The maximum absolute atomic E-state index is 12.0. The van der Waals surface area contributed by atoms with Gasteiger partial charge in [0.15, 0.2) is 0 Å². The highest BCUT2D eigenvalue weighted by Crippen LogP contribution is 2.18. The van der Waals surface area contributed by atoms with Gasteiger partial charge in [0.1, 0.15) is 11.5 Å². The Hall–Kier alpha value is -2.54. The molecule has 0 saturated heterocycles. The van der Waals surface area contributed by atoms with Crippen molar-refractivity contribution in [3.8, 4) is 0 Å². The maximum atomic E-state index is 12.0. The number of imide groups is 1. The minimum absolute atomic E-state index is 0.0689. The summed E-state index contributed by atoms with van der Waals surface area (Å²) in [6.45, 7) is 0.968. The van der Waals surface area contributed by atoms with Gasteiger partial charge in [-0.1, -0.05) is 0 Å². The Labute approximate surface area is 133 Å². The van der Waals surface area contributed by atoms with Crippen molar-refractivity contribution in [3.05, 3.63) is 48.3 Å². The normalized spacial score (nSPS) is 14.0. The van der Waals surface area contributed by atoms with E-state index in [1.54, 1.807) is 24.7 Å². The number of rotatable bonds is 7. The first-order valence-electron chi connectivity index (χ1n) is 7.56. The van der Waals surface area contributed by atoms with Gasteiger partial charge in [-0.25, -0.2) is 4.79 Å². The van der Waals surface area contributed by atoms with Gasteiger partial charge in [-0.15, -0.1) is 0 Å². The first kappa shape index (κ1) is 15.4. The highest BCUT2D eigenvalue weighted by Gasteiger charge is 2.24. The quantitative estimate of drug-likeness (QED) is 0.814. The number of nitrogens with one attached hydrogen (secondary N) is 2. The summed E-state index contributed by atoms with van der Waals surface area (Å²) in [5, 5.41) is 5.07. The number of carbonyl (C=O) groups excluding carboxylic acids is 2. The Bertz CT molecular complexity index is 596. The molecule has 0 radical (unpaired) electrons. The van der Waals surface area contributed by atoms with Crippen molar-refractivity contribution in [1.82, 2.24) is 15.5 Å². The van der Waals surface area contributed by atoms with E-state index in [1.807, 2.05) is 17.0 Å². The largest absolute Gasteiger partial charge is 0.468 e. The van der Waals surface area contributed by atoms with Gasteiger partial charge in [0.25, 0.3) is 0 Å². The molecular formula is C16H19N3O4. The highest BCUT2D eigenvalue weighted by molar-refractivity contribution is 5.95. The van der Waals surface area contributed by atoms with Crippen LogP contribution in [0, 0.1) is 0 Å². The van der Waals surface area contributed by atoms with E-state index in [1.165, 1.54) is 0 Å². The third-order valence-electron chi connectivity index (χ3n) is 3.45. The van der Waals surface area contributed by atoms with Gasteiger partial charge in [0.2, 0.25) is 5.91 Å². The van der Waals surface area contributed by atoms with Gasteiger partial charge in [0.05, 0.1) is 32.2 Å². The number of hydrogen-bond donors (Lipinski definition) is 2. The Morgan fingerprint density at radius 1 is 1.09 bits per heavy atom. The molecule has 0 unspecified atom stereocenters. The maximum Gasteiger partial charge on any atom is 0.321 e. The Morgan fingerprint density at radius 2 is 1.70 bits per heavy atom. The molecule has 2 N–H and O–H groups in total. The van der Waals surface area contributed by atoms with Crippen molar-refractivity contribution in [3.63, 3.8) is 0 Å². The van der Waals surface area contributed by atoms with Crippen LogP contribution in [0.1, 0.15) is 24.4 Å². The molecule has 2 aromatic heterocycles. The lowest BCUT2D eigenvalue weighted by Gasteiger charge is -2.19. The summed E-state index contributed by atoms with van der Waals surface area (Å²) < 4.78 is 10.6. The molecule has 1 aliphatic carbocycles. The summed E-state index contributed by atoms with van der Waals surface area (Å²) in [7, 11) is 0. The van der Waals surface area contributed by atoms with Gasteiger partial charge in [-0.2, -0.15) is 0 Å². The molecule has 122 valence electrons. The smallest absolute Gasteiger partial charge is 0.321 e. The molecule has 0 spiro atoms. The van der Waals surface area contributed by atoms with E-state index < -0.39 is 6.03 Å². The van der Waals surface area contributed by atoms with Crippen LogP contribution in [0.4, 0.5) is 4.79 Å². The second-order valence-electron chi connectivity index (χ2n) is 5.60. The topological polar surface area (TPSA) is 87.7 Å². The SMILES string of the molecule is O=C(CN(Cc1ccco1)Cc1ccco1)NC(=O)NC1CC1. The number of furan rings is 2. The molecule has 0 bridgehead atoms. The van der Waals surface area contributed by atoms with Crippen molar-refractivity contribution in [2.24, 2.45) is 0 Å². The summed E-state index contributed by atoms with van der Waals surface area (Å²) in [6.07, 6.45) is 5.13. The van der Waals surface area contributed by atoms with E-state index in [2.05, 4.69) is 10.6 Å². The number of amides is 3. The number of nitrogens with zero attached hydrogens (tertiary/aromatic N) is 1. The lowest BCUT2D eigenvalue weighted by molar-refractivity contribution is -0.121. The second-order valence-corrected chi connectivity index (χ2v) is 5.60. The van der Waals surface area contributed by atoms with Gasteiger partial charge < -0.3 is 14.2 Å². The molecule has 0 aliphatic heterocycles. The van der Waals surface area contributed by atoms with Crippen LogP contribution in [0.15, 0.2) is 45.6 Å². The average molecular weight is 317 g/mol. The molecule has 3 rings (SSSR count). The van der Waals surface area contributed by atoms with Crippen LogP contribution in [-0.4, -0.2) is 29.4 Å². The molecule has 0 aromatic carbocycles. The zero-order valence-electron chi connectivity index (χ0n) is 12.7. The zero-order valence-corrected chi connectivity index (χ0v) is 12.7. The fourth-order valence-electron chi connectivity index (χ4n) is 2.23. The van der Waals surface area contributed by atoms with Crippen molar-refractivity contribution in [2.45, 2.75) is 32.0 Å². The monoisotopic (exact) mass is 317 g/mol. The van der Waals surface area contributed by atoms with E-state index in [9.17, 15) is 9.59 Å². The highest BCUT2D eigenvalue weighted by atomic mass is 16.3. The third-order valence-corrected chi connectivity index (χ3v) is 3.45. The summed E-state index contributed by atoms with van der Waals surface area (Å²) in [5.41, 5.74) is 0. The lowest BCUT2D eigenvalue weighted by Crippen LogP contribution is -2.44. The van der Waals surface area contributed by atoms with Crippen LogP contribution in [0.2, 0.25) is 0 Å². The number of hydrogen-bond acceptors (Lipinski definition) is 5. The first-order chi connectivity index (χ1) is 11.2. The van der Waals surface area contributed by atoms with Crippen LogP contribution in [0.5, 0.6) is 0 Å². The number of carbonyl (C=O) groups is 2. The van der Waals surface area contributed by atoms with Crippen molar-refractivity contribution in [2.75, 3.05) is 6.54 Å². The van der Waals surface area contributed by atoms with Gasteiger partial charge in [0, 0.05) is 6.04 Å².